The number of rotatable bonds is 2. The Balaban J connectivity index is 2.88. The largest absolute Gasteiger partial charge is 0.377 e. The van der Waals surface area contributed by atoms with E-state index in [4.69, 9.17) is 4.52 Å². The van der Waals surface area contributed by atoms with Crippen molar-refractivity contribution in [2.24, 2.45) is 0 Å². The molecule has 2 unspecified atom stereocenters. The van der Waals surface area contributed by atoms with Crippen LogP contribution in [0.25, 0.3) is 0 Å². The summed E-state index contributed by atoms with van der Waals surface area (Å²) in [7, 11) is -1.92. The molecular weight excluding hydrogens is 167 g/mol. The average molecular weight is 180 g/mol. The summed E-state index contributed by atoms with van der Waals surface area (Å²) < 4.78 is 21.1. The van der Waals surface area contributed by atoms with E-state index in [1.54, 1.807) is 6.92 Å². The number of aliphatic hydroxyl groups is 1. The lowest BCUT2D eigenvalue weighted by molar-refractivity contribution is 0.104. The Morgan fingerprint density at radius 1 is 1.82 bits per heavy atom. The third kappa shape index (κ3) is 1.25. The summed E-state index contributed by atoms with van der Waals surface area (Å²) in [5.41, 5.74) is 0. The van der Waals surface area contributed by atoms with E-state index in [0.717, 1.165) is 0 Å². The molecule has 2 atom stereocenters. The first-order valence-electron chi connectivity index (χ1n) is 3.61. The van der Waals surface area contributed by atoms with Crippen LogP contribution in [0.15, 0.2) is 0 Å². The van der Waals surface area contributed by atoms with E-state index in [2.05, 4.69) is 4.52 Å². The van der Waals surface area contributed by atoms with Gasteiger partial charge in [0.05, 0.1) is 6.61 Å². The van der Waals surface area contributed by atoms with Gasteiger partial charge in [-0.2, -0.15) is 0 Å². The molecule has 1 fully saturated rings. The van der Waals surface area contributed by atoms with Crippen LogP contribution in [-0.2, 0) is 13.6 Å². The highest BCUT2D eigenvalue weighted by Gasteiger charge is 2.52. The fraction of sp³-hybridized carbons (Fsp3) is 1.00. The quantitative estimate of drug-likeness (QED) is 0.651. The number of hydrogen-bond acceptors (Lipinski definition) is 4. The van der Waals surface area contributed by atoms with Gasteiger partial charge in [-0.15, -0.1) is 0 Å². The van der Waals surface area contributed by atoms with Crippen molar-refractivity contribution in [3.63, 3.8) is 0 Å². The van der Waals surface area contributed by atoms with Crippen LogP contribution in [0.4, 0.5) is 0 Å². The third-order valence-corrected chi connectivity index (χ3v) is 4.64. The molecule has 0 aromatic rings. The molecule has 1 rings (SSSR count). The molecule has 1 N–H and O–H groups in total. The first-order valence-corrected chi connectivity index (χ1v) is 5.15. The maximum Gasteiger partial charge on any atom is 0.361 e. The van der Waals surface area contributed by atoms with Gasteiger partial charge in [-0.25, -0.2) is 0 Å². The molecule has 1 heterocycles. The van der Waals surface area contributed by atoms with Crippen molar-refractivity contribution >= 4 is 7.60 Å². The minimum absolute atomic E-state index is 0.315. The van der Waals surface area contributed by atoms with Gasteiger partial charge in [-0.3, -0.25) is 4.57 Å². The topological polar surface area (TPSA) is 55.8 Å². The van der Waals surface area contributed by atoms with E-state index in [1.165, 1.54) is 7.11 Å². The Labute approximate surface area is 66.0 Å². The van der Waals surface area contributed by atoms with Gasteiger partial charge >= 0.3 is 7.60 Å². The minimum Gasteiger partial charge on any atom is -0.377 e. The second kappa shape index (κ2) is 2.87. The second-order valence-electron chi connectivity index (χ2n) is 2.60. The minimum atomic E-state index is -3.22. The highest BCUT2D eigenvalue weighted by atomic mass is 31.2. The molecule has 0 saturated carbocycles. The van der Waals surface area contributed by atoms with E-state index in [9.17, 15) is 9.67 Å². The van der Waals surface area contributed by atoms with Crippen LogP contribution < -0.4 is 0 Å². The van der Waals surface area contributed by atoms with Crippen LogP contribution in [0.3, 0.4) is 0 Å². The Hall–Kier alpha value is 0.110. The van der Waals surface area contributed by atoms with E-state index in [1.807, 2.05) is 0 Å². The van der Waals surface area contributed by atoms with E-state index in [0.29, 0.717) is 19.4 Å². The maximum atomic E-state index is 11.6. The van der Waals surface area contributed by atoms with Crippen molar-refractivity contribution in [1.82, 2.24) is 0 Å². The molecule has 0 radical (unpaired) electrons. The molecule has 0 spiro atoms. The summed E-state index contributed by atoms with van der Waals surface area (Å²) in [6, 6.07) is 0. The van der Waals surface area contributed by atoms with Gasteiger partial charge < -0.3 is 14.2 Å². The van der Waals surface area contributed by atoms with Gasteiger partial charge in [0, 0.05) is 13.5 Å². The molecule has 0 amide bonds. The molecule has 1 aliphatic heterocycles. The standard InChI is InChI=1S/C6H13O4P/c1-3-6(7)4-5-10-11(6,8)9-2/h7H,3-5H2,1-2H3. The zero-order valence-electron chi connectivity index (χ0n) is 6.74. The highest BCUT2D eigenvalue weighted by molar-refractivity contribution is 7.55. The highest BCUT2D eigenvalue weighted by Crippen LogP contribution is 2.65. The molecule has 11 heavy (non-hydrogen) atoms. The summed E-state index contributed by atoms with van der Waals surface area (Å²) in [5, 5.41) is 8.46. The molecule has 1 saturated heterocycles. The molecule has 5 heteroatoms. The van der Waals surface area contributed by atoms with Crippen LogP contribution in [0.2, 0.25) is 0 Å². The van der Waals surface area contributed by atoms with Gasteiger partial charge in [-0.1, -0.05) is 6.92 Å². The molecule has 0 aliphatic carbocycles. The van der Waals surface area contributed by atoms with Crippen molar-refractivity contribution in [3.05, 3.63) is 0 Å². The van der Waals surface area contributed by atoms with Gasteiger partial charge in [0.25, 0.3) is 0 Å². The lowest BCUT2D eigenvalue weighted by Gasteiger charge is -2.24. The molecule has 0 aromatic heterocycles. The van der Waals surface area contributed by atoms with Gasteiger partial charge in [-0.05, 0) is 6.42 Å². The fourth-order valence-electron chi connectivity index (χ4n) is 1.18. The smallest absolute Gasteiger partial charge is 0.361 e. The van der Waals surface area contributed by atoms with Crippen molar-refractivity contribution < 1.29 is 18.7 Å². The van der Waals surface area contributed by atoms with E-state index in [-0.39, 0.29) is 0 Å². The molecule has 4 nitrogen and oxygen atoms in total. The van der Waals surface area contributed by atoms with Crippen molar-refractivity contribution in [2.75, 3.05) is 13.7 Å². The zero-order valence-corrected chi connectivity index (χ0v) is 7.63. The molecule has 0 aromatic carbocycles. The summed E-state index contributed by atoms with van der Waals surface area (Å²) in [6.07, 6.45) is 0.798. The van der Waals surface area contributed by atoms with E-state index >= 15 is 0 Å². The predicted octanol–water partition coefficient (Wildman–Crippen LogP) is 1.34. The lowest BCUT2D eigenvalue weighted by Crippen LogP contribution is -2.23. The monoisotopic (exact) mass is 180 g/mol. The Morgan fingerprint density at radius 3 is 2.82 bits per heavy atom. The molecule has 66 valence electrons. The summed E-state index contributed by atoms with van der Waals surface area (Å²) in [6.45, 7) is 2.08. The van der Waals surface area contributed by atoms with E-state index < -0.39 is 12.9 Å². The summed E-state index contributed by atoms with van der Waals surface area (Å²) in [5.74, 6) is 0. The Bertz CT molecular complexity index is 193. The van der Waals surface area contributed by atoms with Crippen LogP contribution in [0.5, 0.6) is 0 Å². The second-order valence-corrected chi connectivity index (χ2v) is 5.05. The Kier molecular flexibility index (Phi) is 2.40. The summed E-state index contributed by atoms with van der Waals surface area (Å²) in [4.78, 5) is 0. The van der Waals surface area contributed by atoms with Crippen molar-refractivity contribution in [3.8, 4) is 0 Å². The van der Waals surface area contributed by atoms with Crippen molar-refractivity contribution in [2.45, 2.75) is 25.1 Å². The fourth-order valence-corrected chi connectivity index (χ4v) is 2.95. The van der Waals surface area contributed by atoms with Crippen LogP contribution in [0.1, 0.15) is 19.8 Å². The first-order chi connectivity index (χ1) is 5.08. The SMILES string of the molecule is CCC1(O)CCOP1(=O)OC. The lowest BCUT2D eigenvalue weighted by atomic mass is 10.2. The van der Waals surface area contributed by atoms with Crippen LogP contribution in [-0.4, -0.2) is 24.2 Å². The summed E-state index contributed by atoms with van der Waals surface area (Å²) >= 11 is 0. The molecule has 1 aliphatic rings. The van der Waals surface area contributed by atoms with Gasteiger partial charge in [0.2, 0.25) is 0 Å². The van der Waals surface area contributed by atoms with Gasteiger partial charge in [0.15, 0.2) is 5.34 Å². The molecule has 0 bridgehead atoms. The number of hydrogen-bond donors (Lipinski definition) is 1. The van der Waals surface area contributed by atoms with Crippen LogP contribution in [0, 0.1) is 0 Å². The predicted molar refractivity (Wildman–Crippen MR) is 40.4 cm³/mol. The average Bonchev–Trinajstić information content (AvgIpc) is 2.31. The maximum absolute atomic E-state index is 11.6. The van der Waals surface area contributed by atoms with Crippen LogP contribution >= 0.6 is 7.60 Å². The normalized spacial score (nSPS) is 44.6. The zero-order chi connectivity index (χ0) is 8.54. The molecular formula is C6H13O4P. The Morgan fingerprint density at radius 2 is 2.45 bits per heavy atom. The third-order valence-electron chi connectivity index (χ3n) is 2.08. The van der Waals surface area contributed by atoms with Crippen molar-refractivity contribution in [1.29, 1.82) is 0 Å². The van der Waals surface area contributed by atoms with Gasteiger partial charge in [0.1, 0.15) is 0 Å². The first kappa shape index (κ1) is 9.20.